The van der Waals surface area contributed by atoms with E-state index in [9.17, 15) is 9.59 Å². The van der Waals surface area contributed by atoms with Crippen LogP contribution in [-0.4, -0.2) is 29.9 Å². The van der Waals surface area contributed by atoms with Gasteiger partial charge in [0.05, 0.1) is 5.92 Å². The van der Waals surface area contributed by atoms with Crippen LogP contribution in [0.15, 0.2) is 48.7 Å². The molecule has 6 heteroatoms. The van der Waals surface area contributed by atoms with Gasteiger partial charge in [-0.1, -0.05) is 29.8 Å². The van der Waals surface area contributed by atoms with Crippen molar-refractivity contribution in [2.24, 2.45) is 5.92 Å². The van der Waals surface area contributed by atoms with Gasteiger partial charge in [0.25, 0.3) is 0 Å². The lowest BCUT2D eigenvalue weighted by Crippen LogP contribution is -2.34. The van der Waals surface area contributed by atoms with Gasteiger partial charge in [-0.05, 0) is 48.7 Å². The van der Waals surface area contributed by atoms with Crippen LogP contribution in [0.2, 0.25) is 5.02 Å². The predicted octanol–water partition coefficient (Wildman–Crippen LogP) is 3.84. The summed E-state index contributed by atoms with van der Waals surface area (Å²) >= 11 is 6.09. The summed E-state index contributed by atoms with van der Waals surface area (Å²) in [7, 11) is 0. The zero-order valence-electron chi connectivity index (χ0n) is 15.7. The Balaban J connectivity index is 1.36. The number of aromatic nitrogens is 1. The number of para-hydroxylation sites is 1. The standard InChI is InChI=1S/C22H22ClN3O2/c1-14-4-2-3-5-20(14)26-13-16(10-21(26)27)22(28)24-9-8-15-12-25-19-7-6-17(23)11-18(15)19/h2-7,11-12,16,25H,8-10,13H2,1H3,(H,24,28)/t16-/m0/s1. The number of halogens is 1. The maximum atomic E-state index is 12.6. The first-order valence-corrected chi connectivity index (χ1v) is 9.80. The Morgan fingerprint density at radius 2 is 2.11 bits per heavy atom. The fourth-order valence-corrected chi connectivity index (χ4v) is 3.98. The lowest BCUT2D eigenvalue weighted by Gasteiger charge is -2.19. The number of carbonyl (C=O) groups excluding carboxylic acids is 2. The molecule has 2 amide bonds. The third kappa shape index (κ3) is 3.62. The van der Waals surface area contributed by atoms with Gasteiger partial charge in [-0.3, -0.25) is 9.59 Å². The number of benzene rings is 2. The van der Waals surface area contributed by atoms with Gasteiger partial charge in [0.1, 0.15) is 0 Å². The van der Waals surface area contributed by atoms with Gasteiger partial charge >= 0.3 is 0 Å². The number of carbonyl (C=O) groups is 2. The van der Waals surface area contributed by atoms with Crippen molar-refractivity contribution in [2.45, 2.75) is 19.8 Å². The van der Waals surface area contributed by atoms with E-state index >= 15 is 0 Å². The SMILES string of the molecule is Cc1ccccc1N1C[C@@H](C(=O)NCCc2c[nH]c3ccc(Cl)cc23)CC1=O. The first kappa shape index (κ1) is 18.6. The summed E-state index contributed by atoms with van der Waals surface area (Å²) in [4.78, 5) is 29.9. The molecule has 1 fully saturated rings. The lowest BCUT2D eigenvalue weighted by atomic mass is 10.1. The molecule has 5 nitrogen and oxygen atoms in total. The summed E-state index contributed by atoms with van der Waals surface area (Å²) in [6, 6.07) is 13.5. The van der Waals surface area contributed by atoms with E-state index in [1.807, 2.05) is 55.6 Å². The summed E-state index contributed by atoms with van der Waals surface area (Å²) in [5.74, 6) is -0.382. The molecular formula is C22H22ClN3O2. The van der Waals surface area contributed by atoms with Gasteiger partial charge in [0.2, 0.25) is 11.8 Å². The smallest absolute Gasteiger partial charge is 0.227 e. The second-order valence-electron chi connectivity index (χ2n) is 7.24. The highest BCUT2D eigenvalue weighted by Crippen LogP contribution is 2.28. The molecule has 2 N–H and O–H groups in total. The number of fused-ring (bicyclic) bond motifs is 1. The van der Waals surface area contributed by atoms with Gasteiger partial charge in [-0.15, -0.1) is 0 Å². The van der Waals surface area contributed by atoms with E-state index in [0.29, 0.717) is 24.5 Å². The Morgan fingerprint density at radius 3 is 2.93 bits per heavy atom. The second-order valence-corrected chi connectivity index (χ2v) is 7.67. The fraction of sp³-hybridized carbons (Fsp3) is 0.273. The summed E-state index contributed by atoms with van der Waals surface area (Å²) in [5.41, 5.74) is 4.07. The van der Waals surface area contributed by atoms with Crippen LogP contribution < -0.4 is 10.2 Å². The number of aromatic amines is 1. The molecule has 1 aliphatic heterocycles. The minimum atomic E-state index is -0.315. The average Bonchev–Trinajstić information content (AvgIpc) is 3.26. The van der Waals surface area contributed by atoms with E-state index < -0.39 is 0 Å². The Bertz CT molecular complexity index is 1040. The number of aryl methyl sites for hydroxylation is 1. The molecule has 1 aliphatic rings. The van der Waals surface area contributed by atoms with Crippen molar-refractivity contribution >= 4 is 40.0 Å². The summed E-state index contributed by atoms with van der Waals surface area (Å²) < 4.78 is 0. The minimum Gasteiger partial charge on any atom is -0.361 e. The fourth-order valence-electron chi connectivity index (χ4n) is 3.80. The Morgan fingerprint density at radius 1 is 1.29 bits per heavy atom. The van der Waals surface area contributed by atoms with Crippen molar-refractivity contribution in [2.75, 3.05) is 18.0 Å². The van der Waals surface area contributed by atoms with Gasteiger partial charge < -0.3 is 15.2 Å². The molecule has 0 saturated carbocycles. The van der Waals surface area contributed by atoms with Crippen molar-refractivity contribution < 1.29 is 9.59 Å². The van der Waals surface area contributed by atoms with Crippen LogP contribution >= 0.6 is 11.6 Å². The topological polar surface area (TPSA) is 65.2 Å². The van der Waals surface area contributed by atoms with Crippen molar-refractivity contribution in [3.05, 3.63) is 64.8 Å². The predicted molar refractivity (Wildman–Crippen MR) is 112 cm³/mol. The van der Waals surface area contributed by atoms with Crippen LogP contribution in [0.3, 0.4) is 0 Å². The number of anilines is 1. The molecule has 0 bridgehead atoms. The molecule has 2 aromatic carbocycles. The van der Waals surface area contributed by atoms with Gasteiger partial charge in [-0.2, -0.15) is 0 Å². The monoisotopic (exact) mass is 395 g/mol. The maximum Gasteiger partial charge on any atom is 0.227 e. The van der Waals surface area contributed by atoms with E-state index in [1.165, 1.54) is 0 Å². The highest BCUT2D eigenvalue weighted by atomic mass is 35.5. The molecule has 4 rings (SSSR count). The van der Waals surface area contributed by atoms with E-state index in [0.717, 1.165) is 27.7 Å². The second kappa shape index (κ2) is 7.68. The van der Waals surface area contributed by atoms with E-state index in [2.05, 4.69) is 10.3 Å². The molecule has 3 aromatic rings. The molecule has 1 aromatic heterocycles. The maximum absolute atomic E-state index is 12.6. The molecule has 0 spiro atoms. The van der Waals surface area contributed by atoms with Crippen molar-refractivity contribution in [1.29, 1.82) is 0 Å². The Hall–Kier alpha value is -2.79. The van der Waals surface area contributed by atoms with Crippen LogP contribution in [0.5, 0.6) is 0 Å². The van der Waals surface area contributed by atoms with Gasteiger partial charge in [0.15, 0.2) is 0 Å². The lowest BCUT2D eigenvalue weighted by molar-refractivity contribution is -0.126. The number of nitrogens with zero attached hydrogens (tertiary/aromatic N) is 1. The number of hydrogen-bond donors (Lipinski definition) is 2. The summed E-state index contributed by atoms with van der Waals surface area (Å²) in [5, 5.41) is 4.75. The van der Waals surface area contributed by atoms with Crippen LogP contribution in [0.4, 0.5) is 5.69 Å². The number of nitrogens with one attached hydrogen (secondary N) is 2. The molecule has 1 atom stereocenters. The molecule has 144 valence electrons. The van der Waals surface area contributed by atoms with E-state index in [-0.39, 0.29) is 24.2 Å². The van der Waals surface area contributed by atoms with Crippen LogP contribution in [-0.2, 0) is 16.0 Å². The summed E-state index contributed by atoms with van der Waals surface area (Å²) in [6.45, 7) is 2.93. The number of H-pyrrole nitrogens is 1. The molecule has 2 heterocycles. The normalized spacial score (nSPS) is 16.7. The summed E-state index contributed by atoms with van der Waals surface area (Å²) in [6.07, 6.45) is 2.91. The van der Waals surface area contributed by atoms with E-state index in [4.69, 9.17) is 11.6 Å². The van der Waals surface area contributed by atoms with Crippen LogP contribution in [0.1, 0.15) is 17.5 Å². The quantitative estimate of drug-likeness (QED) is 0.689. The largest absolute Gasteiger partial charge is 0.361 e. The molecule has 28 heavy (non-hydrogen) atoms. The van der Waals surface area contributed by atoms with E-state index in [1.54, 1.807) is 4.90 Å². The van der Waals surface area contributed by atoms with Gasteiger partial charge in [0, 0.05) is 47.3 Å². The third-order valence-electron chi connectivity index (χ3n) is 5.33. The number of rotatable bonds is 5. The zero-order valence-corrected chi connectivity index (χ0v) is 16.4. The molecule has 0 aliphatic carbocycles. The first-order valence-electron chi connectivity index (χ1n) is 9.42. The zero-order chi connectivity index (χ0) is 19.7. The minimum absolute atomic E-state index is 0.000667. The van der Waals surface area contributed by atoms with Gasteiger partial charge in [-0.25, -0.2) is 0 Å². The van der Waals surface area contributed by atoms with Crippen molar-refractivity contribution in [3.63, 3.8) is 0 Å². The Kier molecular flexibility index (Phi) is 5.09. The Labute approximate surface area is 168 Å². The average molecular weight is 396 g/mol. The third-order valence-corrected chi connectivity index (χ3v) is 5.56. The first-order chi connectivity index (χ1) is 13.5. The number of amides is 2. The molecule has 0 unspecified atom stereocenters. The number of hydrogen-bond acceptors (Lipinski definition) is 2. The highest BCUT2D eigenvalue weighted by molar-refractivity contribution is 6.31. The molecular weight excluding hydrogens is 374 g/mol. The molecule has 1 saturated heterocycles. The highest BCUT2D eigenvalue weighted by Gasteiger charge is 2.35. The van der Waals surface area contributed by atoms with Crippen molar-refractivity contribution in [3.8, 4) is 0 Å². The van der Waals surface area contributed by atoms with Crippen molar-refractivity contribution in [1.82, 2.24) is 10.3 Å². The van der Waals surface area contributed by atoms with Crippen LogP contribution in [0.25, 0.3) is 10.9 Å². The molecule has 0 radical (unpaired) electrons. The van der Waals surface area contributed by atoms with Crippen LogP contribution in [0, 0.1) is 12.8 Å².